The molecular weight excluding hydrogens is 222 g/mol. The van der Waals surface area contributed by atoms with Gasteiger partial charge in [-0.3, -0.25) is 14.8 Å². The number of aromatic nitrogens is 2. The van der Waals surface area contributed by atoms with E-state index in [1.807, 2.05) is 11.9 Å². The number of likely N-dealkylation sites (N-methyl/N-ethyl adjacent to an activating group) is 1. The first kappa shape index (κ1) is 10.1. The van der Waals surface area contributed by atoms with Crippen molar-refractivity contribution in [3.8, 4) is 11.8 Å². The van der Waals surface area contributed by atoms with E-state index in [2.05, 4.69) is 21.6 Å². The highest BCUT2D eigenvalue weighted by Gasteiger charge is 2.53. The number of aromatic amines is 1. The van der Waals surface area contributed by atoms with Crippen molar-refractivity contribution in [2.24, 2.45) is 0 Å². The van der Waals surface area contributed by atoms with Crippen LogP contribution in [0.25, 0.3) is 0 Å². The van der Waals surface area contributed by atoms with Crippen molar-refractivity contribution in [3.63, 3.8) is 0 Å². The summed E-state index contributed by atoms with van der Waals surface area (Å²) in [5.74, 6) is 0.777. The Morgan fingerprint density at radius 2 is 2.59 bits per heavy atom. The summed E-state index contributed by atoms with van der Waals surface area (Å²) in [6.07, 6.45) is 1.90. The van der Waals surface area contributed by atoms with Gasteiger partial charge in [0.2, 0.25) is 5.60 Å². The normalized spacial score (nSPS) is 31.8. The van der Waals surface area contributed by atoms with Gasteiger partial charge < -0.3 is 10.1 Å². The van der Waals surface area contributed by atoms with Gasteiger partial charge in [0.05, 0.1) is 12.3 Å². The zero-order valence-corrected chi connectivity index (χ0v) is 9.23. The lowest BCUT2D eigenvalue weighted by Gasteiger charge is -2.31. The SMILES string of the molecule is CN1C[C@@]2(C[C@H]1C#N)Oc1cn[nH]c1NC2=O. The number of likely N-dealkylation sites (tertiary alicyclic amines) is 1. The van der Waals surface area contributed by atoms with E-state index in [0.29, 0.717) is 24.5 Å². The van der Waals surface area contributed by atoms with Crippen molar-refractivity contribution >= 4 is 11.7 Å². The number of hydrogen-bond donors (Lipinski definition) is 2. The van der Waals surface area contributed by atoms with E-state index >= 15 is 0 Å². The zero-order valence-electron chi connectivity index (χ0n) is 9.23. The van der Waals surface area contributed by atoms with E-state index in [9.17, 15) is 4.79 Å². The lowest BCUT2D eigenvalue weighted by atomic mass is 9.98. The van der Waals surface area contributed by atoms with Crippen molar-refractivity contribution in [2.45, 2.75) is 18.1 Å². The molecule has 0 aliphatic carbocycles. The Balaban J connectivity index is 1.96. The number of carbonyl (C=O) groups is 1. The quantitative estimate of drug-likeness (QED) is 0.642. The lowest BCUT2D eigenvalue weighted by molar-refractivity contribution is -0.131. The summed E-state index contributed by atoms with van der Waals surface area (Å²) < 4.78 is 5.74. The second kappa shape index (κ2) is 3.21. The molecule has 1 aromatic rings. The molecule has 0 radical (unpaired) electrons. The zero-order chi connectivity index (χ0) is 12.0. The maximum absolute atomic E-state index is 12.1. The number of nitrogens with one attached hydrogen (secondary N) is 2. The van der Waals surface area contributed by atoms with Crippen molar-refractivity contribution < 1.29 is 9.53 Å². The third kappa shape index (κ3) is 1.31. The molecule has 3 heterocycles. The molecule has 88 valence electrons. The number of nitriles is 1. The molecule has 2 aliphatic heterocycles. The third-order valence-corrected chi connectivity index (χ3v) is 3.27. The Kier molecular flexibility index (Phi) is 1.91. The van der Waals surface area contributed by atoms with E-state index in [1.165, 1.54) is 6.20 Å². The summed E-state index contributed by atoms with van der Waals surface area (Å²) in [6.45, 7) is 0.404. The van der Waals surface area contributed by atoms with Crippen molar-refractivity contribution in [3.05, 3.63) is 6.20 Å². The minimum absolute atomic E-state index is 0.223. The average Bonchev–Trinajstić information content (AvgIpc) is 2.85. The van der Waals surface area contributed by atoms with Gasteiger partial charge in [-0.1, -0.05) is 0 Å². The molecule has 0 unspecified atom stereocenters. The largest absolute Gasteiger partial charge is 0.470 e. The van der Waals surface area contributed by atoms with E-state index in [1.54, 1.807) is 0 Å². The van der Waals surface area contributed by atoms with Crippen LogP contribution in [0, 0.1) is 11.3 Å². The van der Waals surface area contributed by atoms with Gasteiger partial charge in [0.1, 0.15) is 6.04 Å². The number of H-pyrrole nitrogens is 1. The van der Waals surface area contributed by atoms with Gasteiger partial charge in [-0.2, -0.15) is 10.4 Å². The topological polar surface area (TPSA) is 94.0 Å². The highest BCUT2D eigenvalue weighted by Crippen LogP contribution is 2.38. The van der Waals surface area contributed by atoms with Crippen molar-refractivity contribution in [1.82, 2.24) is 15.1 Å². The highest BCUT2D eigenvalue weighted by atomic mass is 16.5. The minimum atomic E-state index is -0.966. The highest BCUT2D eigenvalue weighted by molar-refractivity contribution is 6.00. The third-order valence-electron chi connectivity index (χ3n) is 3.27. The number of ether oxygens (including phenoxy) is 1. The monoisotopic (exact) mass is 233 g/mol. The molecule has 2 N–H and O–H groups in total. The first-order chi connectivity index (χ1) is 8.14. The predicted molar refractivity (Wildman–Crippen MR) is 57.2 cm³/mol. The molecule has 2 atom stereocenters. The summed E-state index contributed by atoms with van der Waals surface area (Å²) in [4.78, 5) is 13.9. The van der Waals surface area contributed by atoms with Crippen LogP contribution in [-0.4, -0.2) is 46.2 Å². The number of carbonyl (C=O) groups excluding carboxylic acids is 1. The van der Waals surface area contributed by atoms with Crippen LogP contribution >= 0.6 is 0 Å². The van der Waals surface area contributed by atoms with Gasteiger partial charge in [-0.05, 0) is 7.05 Å². The Labute approximate surface area is 97.3 Å². The molecule has 17 heavy (non-hydrogen) atoms. The molecule has 1 fully saturated rings. The van der Waals surface area contributed by atoms with E-state index in [4.69, 9.17) is 10.00 Å². The van der Waals surface area contributed by atoms with Crippen LogP contribution < -0.4 is 10.1 Å². The maximum Gasteiger partial charge on any atom is 0.271 e. The molecule has 1 aromatic heterocycles. The molecule has 1 amide bonds. The predicted octanol–water partition coefficient (Wildman–Crippen LogP) is -0.293. The molecular formula is C10H11N5O2. The molecule has 0 saturated carbocycles. The van der Waals surface area contributed by atoms with Crippen LogP contribution in [0.3, 0.4) is 0 Å². The number of amides is 1. The number of fused-ring (bicyclic) bond motifs is 1. The Morgan fingerprint density at radius 1 is 1.76 bits per heavy atom. The van der Waals surface area contributed by atoms with Crippen LogP contribution in [0.1, 0.15) is 6.42 Å². The van der Waals surface area contributed by atoms with Crippen LogP contribution in [0.2, 0.25) is 0 Å². The van der Waals surface area contributed by atoms with E-state index in [-0.39, 0.29) is 11.9 Å². The number of hydrogen-bond acceptors (Lipinski definition) is 5. The van der Waals surface area contributed by atoms with Gasteiger partial charge in [0, 0.05) is 13.0 Å². The summed E-state index contributed by atoms with van der Waals surface area (Å²) in [5.41, 5.74) is -0.966. The van der Waals surface area contributed by atoms with Crippen LogP contribution in [0.4, 0.5) is 5.82 Å². The molecule has 7 heteroatoms. The van der Waals surface area contributed by atoms with Gasteiger partial charge >= 0.3 is 0 Å². The molecule has 1 saturated heterocycles. The number of anilines is 1. The molecule has 2 aliphatic rings. The fourth-order valence-electron chi connectivity index (χ4n) is 2.35. The summed E-state index contributed by atoms with van der Waals surface area (Å²) in [7, 11) is 1.81. The lowest BCUT2D eigenvalue weighted by Crippen LogP contribution is -2.52. The van der Waals surface area contributed by atoms with Crippen LogP contribution in [-0.2, 0) is 4.79 Å². The first-order valence-corrected chi connectivity index (χ1v) is 5.28. The van der Waals surface area contributed by atoms with Crippen molar-refractivity contribution in [2.75, 3.05) is 18.9 Å². The molecule has 3 rings (SSSR count). The van der Waals surface area contributed by atoms with Crippen molar-refractivity contribution in [1.29, 1.82) is 5.26 Å². The van der Waals surface area contributed by atoms with E-state index < -0.39 is 5.60 Å². The molecule has 1 spiro atoms. The number of rotatable bonds is 0. The summed E-state index contributed by atoms with van der Waals surface area (Å²) in [6, 6.07) is 1.87. The average molecular weight is 233 g/mol. The fraction of sp³-hybridized carbons (Fsp3) is 0.500. The minimum Gasteiger partial charge on any atom is -0.470 e. The summed E-state index contributed by atoms with van der Waals surface area (Å²) >= 11 is 0. The Morgan fingerprint density at radius 3 is 3.29 bits per heavy atom. The molecule has 0 bridgehead atoms. The standard InChI is InChI=1S/C10H11N5O2/c1-15-5-10(2-6(15)3-11)9(16)13-8-7(17-10)4-12-14-8/h4,6H,2,5H2,1H3,(H2,12,13,14,16)/t6-,10+/m0/s1. The van der Waals surface area contributed by atoms with Crippen LogP contribution in [0.15, 0.2) is 6.20 Å². The van der Waals surface area contributed by atoms with Gasteiger partial charge in [0.25, 0.3) is 5.91 Å². The second-order valence-corrected chi connectivity index (χ2v) is 4.42. The summed E-state index contributed by atoms with van der Waals surface area (Å²) in [5, 5.41) is 18.2. The van der Waals surface area contributed by atoms with E-state index in [0.717, 1.165) is 0 Å². The van der Waals surface area contributed by atoms with Gasteiger partial charge in [0.15, 0.2) is 11.6 Å². The Bertz CT molecular complexity index is 519. The van der Waals surface area contributed by atoms with Gasteiger partial charge in [-0.15, -0.1) is 0 Å². The maximum atomic E-state index is 12.1. The molecule has 0 aromatic carbocycles. The Hall–Kier alpha value is -2.07. The molecule has 7 nitrogen and oxygen atoms in total. The fourth-order valence-corrected chi connectivity index (χ4v) is 2.35. The first-order valence-electron chi connectivity index (χ1n) is 5.28. The smallest absolute Gasteiger partial charge is 0.271 e. The van der Waals surface area contributed by atoms with Crippen LogP contribution in [0.5, 0.6) is 5.75 Å². The number of nitrogens with zero attached hydrogens (tertiary/aromatic N) is 3. The van der Waals surface area contributed by atoms with Gasteiger partial charge in [-0.25, -0.2) is 0 Å². The second-order valence-electron chi connectivity index (χ2n) is 4.42.